The van der Waals surface area contributed by atoms with Crippen LogP contribution in [0.15, 0.2) is 45.9 Å². The number of aromatic nitrogens is 3. The quantitative estimate of drug-likeness (QED) is 0.574. The Morgan fingerprint density at radius 1 is 0.962 bits per heavy atom. The number of benzene rings is 2. The van der Waals surface area contributed by atoms with Gasteiger partial charge in [0.05, 0.1) is 11.1 Å². The summed E-state index contributed by atoms with van der Waals surface area (Å²) in [7, 11) is 0. The van der Waals surface area contributed by atoms with Crippen LogP contribution in [0.3, 0.4) is 0 Å². The summed E-state index contributed by atoms with van der Waals surface area (Å²) in [6.07, 6.45) is 0. The molecule has 2 heterocycles. The first kappa shape index (κ1) is 17.2. The van der Waals surface area contributed by atoms with E-state index in [9.17, 15) is 4.39 Å². The Labute approximate surface area is 159 Å². The molecule has 1 aliphatic rings. The van der Waals surface area contributed by atoms with Gasteiger partial charge in [-0.25, -0.2) is 9.37 Å². The average Bonchev–Trinajstić information content (AvgIpc) is 2.58. The van der Waals surface area contributed by atoms with E-state index in [0.29, 0.717) is 17.1 Å². The molecule has 2 aromatic carbocycles. The summed E-state index contributed by atoms with van der Waals surface area (Å²) in [6, 6.07) is 10.7. The van der Waals surface area contributed by atoms with Crippen molar-refractivity contribution in [2.75, 3.05) is 0 Å². The number of nitrogens with zero attached hydrogens (tertiary/aromatic N) is 4. The number of rotatable bonds is 1. The maximum atomic E-state index is 13.9. The van der Waals surface area contributed by atoms with Gasteiger partial charge in [-0.2, -0.15) is 0 Å². The molecule has 0 atom stereocenters. The largest absolute Gasteiger partial charge is 0.274 e. The molecule has 132 valence electrons. The SMILES string of the molecule is CC1(C)N=C(c2nnc3c(F)cccc3n2)c2cccc(Br)c2C1(C)C. The van der Waals surface area contributed by atoms with Crippen molar-refractivity contribution < 1.29 is 4.39 Å². The zero-order chi connectivity index (χ0) is 18.7. The fraction of sp³-hybridized carbons (Fsp3) is 0.300. The average molecular weight is 413 g/mol. The molecule has 6 heteroatoms. The highest BCUT2D eigenvalue weighted by atomic mass is 79.9. The van der Waals surface area contributed by atoms with Crippen molar-refractivity contribution in [3.05, 3.63) is 63.6 Å². The molecule has 26 heavy (non-hydrogen) atoms. The van der Waals surface area contributed by atoms with Gasteiger partial charge in [0.25, 0.3) is 0 Å². The Morgan fingerprint density at radius 3 is 2.46 bits per heavy atom. The molecule has 0 N–H and O–H groups in total. The molecule has 4 rings (SSSR count). The van der Waals surface area contributed by atoms with E-state index in [0.717, 1.165) is 15.6 Å². The Hall–Kier alpha value is -2.21. The molecule has 0 saturated carbocycles. The Kier molecular flexibility index (Phi) is 3.74. The van der Waals surface area contributed by atoms with E-state index >= 15 is 0 Å². The molecule has 0 bridgehead atoms. The van der Waals surface area contributed by atoms with Crippen molar-refractivity contribution in [2.24, 2.45) is 4.99 Å². The first-order valence-electron chi connectivity index (χ1n) is 8.41. The molecule has 1 aromatic heterocycles. The first-order chi connectivity index (χ1) is 12.2. The zero-order valence-electron chi connectivity index (χ0n) is 15.0. The van der Waals surface area contributed by atoms with Crippen molar-refractivity contribution in [1.82, 2.24) is 15.2 Å². The summed E-state index contributed by atoms with van der Waals surface area (Å²) >= 11 is 3.70. The number of aliphatic imine (C=N–C) groups is 1. The Bertz CT molecular complexity index is 1070. The minimum Gasteiger partial charge on any atom is -0.274 e. The maximum absolute atomic E-state index is 13.9. The lowest BCUT2D eigenvalue weighted by Gasteiger charge is -2.44. The summed E-state index contributed by atoms with van der Waals surface area (Å²) in [5.41, 5.74) is 2.89. The Balaban J connectivity index is 2.00. The Morgan fingerprint density at radius 2 is 1.69 bits per heavy atom. The van der Waals surface area contributed by atoms with Crippen LogP contribution in [0.1, 0.15) is 44.6 Å². The van der Waals surface area contributed by atoms with Gasteiger partial charge in [-0.05, 0) is 37.6 Å². The number of fused-ring (bicyclic) bond motifs is 2. The second kappa shape index (κ2) is 5.64. The van der Waals surface area contributed by atoms with Crippen molar-refractivity contribution >= 4 is 32.7 Å². The fourth-order valence-corrected chi connectivity index (χ4v) is 4.20. The minimum atomic E-state index is -0.427. The minimum absolute atomic E-state index is 0.168. The summed E-state index contributed by atoms with van der Waals surface area (Å²) in [6.45, 7) is 8.57. The summed E-state index contributed by atoms with van der Waals surface area (Å²) < 4.78 is 14.9. The van der Waals surface area contributed by atoms with Crippen molar-refractivity contribution in [3.63, 3.8) is 0 Å². The van der Waals surface area contributed by atoms with Gasteiger partial charge in [0.1, 0.15) is 11.2 Å². The molecular weight excluding hydrogens is 395 g/mol. The van der Waals surface area contributed by atoms with Crippen LogP contribution in [0, 0.1) is 5.82 Å². The van der Waals surface area contributed by atoms with Crippen molar-refractivity contribution in [2.45, 2.75) is 38.6 Å². The van der Waals surface area contributed by atoms with Crippen molar-refractivity contribution in [1.29, 1.82) is 0 Å². The highest BCUT2D eigenvalue weighted by molar-refractivity contribution is 9.10. The smallest absolute Gasteiger partial charge is 0.201 e. The number of hydrogen-bond donors (Lipinski definition) is 0. The van der Waals surface area contributed by atoms with Gasteiger partial charge in [0.15, 0.2) is 5.82 Å². The lowest BCUT2D eigenvalue weighted by atomic mass is 9.66. The van der Waals surface area contributed by atoms with Gasteiger partial charge in [-0.3, -0.25) is 4.99 Å². The standard InChI is InChI=1S/C20H18BrFN4/c1-19(2)15-11(7-5-8-12(15)21)16(24-20(19,3)4)18-23-14-10-6-9-13(22)17(14)25-26-18/h5-10H,1-4H3. The van der Waals surface area contributed by atoms with Crippen LogP contribution < -0.4 is 0 Å². The van der Waals surface area contributed by atoms with Crippen LogP contribution in [0.5, 0.6) is 0 Å². The number of hydrogen-bond acceptors (Lipinski definition) is 4. The van der Waals surface area contributed by atoms with Gasteiger partial charge < -0.3 is 0 Å². The molecule has 0 radical (unpaired) electrons. The summed E-state index contributed by atoms with van der Waals surface area (Å²) in [4.78, 5) is 9.53. The highest BCUT2D eigenvalue weighted by Crippen LogP contribution is 2.46. The second-order valence-corrected chi connectivity index (χ2v) is 8.40. The summed E-state index contributed by atoms with van der Waals surface area (Å²) in [5.74, 6) is -0.0183. The molecule has 0 amide bonds. The second-order valence-electron chi connectivity index (χ2n) is 7.55. The first-order valence-corrected chi connectivity index (χ1v) is 9.20. The molecule has 0 fully saturated rings. The molecular formula is C20H18BrFN4. The fourth-order valence-electron chi connectivity index (χ4n) is 3.34. The van der Waals surface area contributed by atoms with E-state index in [2.05, 4.69) is 58.8 Å². The van der Waals surface area contributed by atoms with Gasteiger partial charge in [-0.1, -0.05) is 48.0 Å². The molecule has 0 unspecified atom stereocenters. The van der Waals surface area contributed by atoms with Crippen LogP contribution >= 0.6 is 15.9 Å². The normalized spacial score (nSPS) is 17.7. The molecule has 0 spiro atoms. The lowest BCUT2D eigenvalue weighted by Crippen LogP contribution is -2.46. The van der Waals surface area contributed by atoms with E-state index in [-0.39, 0.29) is 16.5 Å². The third-order valence-corrected chi connectivity index (χ3v) is 6.12. The van der Waals surface area contributed by atoms with E-state index in [1.807, 2.05) is 18.2 Å². The molecule has 3 aromatic rings. The van der Waals surface area contributed by atoms with Crippen molar-refractivity contribution in [3.8, 4) is 0 Å². The van der Waals surface area contributed by atoms with E-state index in [1.54, 1.807) is 12.1 Å². The predicted molar refractivity (Wildman–Crippen MR) is 104 cm³/mol. The van der Waals surface area contributed by atoms with Crippen LogP contribution in [0.4, 0.5) is 4.39 Å². The van der Waals surface area contributed by atoms with Gasteiger partial charge in [0.2, 0.25) is 5.82 Å². The monoisotopic (exact) mass is 412 g/mol. The maximum Gasteiger partial charge on any atom is 0.201 e. The van der Waals surface area contributed by atoms with Gasteiger partial charge in [0, 0.05) is 15.5 Å². The molecule has 0 saturated heterocycles. The summed E-state index contributed by atoms with van der Waals surface area (Å²) in [5, 5.41) is 8.24. The lowest BCUT2D eigenvalue weighted by molar-refractivity contribution is 0.302. The zero-order valence-corrected chi connectivity index (χ0v) is 16.6. The molecule has 0 aliphatic carbocycles. The topological polar surface area (TPSA) is 51.0 Å². The third kappa shape index (κ3) is 2.39. The van der Waals surface area contributed by atoms with E-state index < -0.39 is 5.82 Å². The van der Waals surface area contributed by atoms with Crippen LogP contribution in [-0.4, -0.2) is 26.4 Å². The third-order valence-electron chi connectivity index (χ3n) is 5.46. The predicted octanol–water partition coefficient (Wildman–Crippen LogP) is 4.83. The van der Waals surface area contributed by atoms with Crippen LogP contribution in [-0.2, 0) is 5.41 Å². The van der Waals surface area contributed by atoms with Gasteiger partial charge >= 0.3 is 0 Å². The highest BCUT2D eigenvalue weighted by Gasteiger charge is 2.45. The molecule has 4 nitrogen and oxygen atoms in total. The van der Waals surface area contributed by atoms with Crippen LogP contribution in [0.2, 0.25) is 0 Å². The van der Waals surface area contributed by atoms with Gasteiger partial charge in [-0.15, -0.1) is 10.2 Å². The van der Waals surface area contributed by atoms with E-state index in [1.165, 1.54) is 6.07 Å². The van der Waals surface area contributed by atoms with E-state index in [4.69, 9.17) is 4.99 Å². The van der Waals surface area contributed by atoms with Crippen LogP contribution in [0.25, 0.3) is 11.0 Å². The molecule has 1 aliphatic heterocycles. The number of halogens is 2.